The fourth-order valence-corrected chi connectivity index (χ4v) is 10.2. The van der Waals surface area contributed by atoms with Crippen LogP contribution in [0.2, 0.25) is 0 Å². The van der Waals surface area contributed by atoms with Gasteiger partial charge in [-0.15, -0.1) is 0 Å². The standard InChI is InChI=1S/C25H32NO3P/c1-4-22(24(27)26-23-19(2)12-11-15-21(23)25(28)29-3)30(16-9-6-10-17-30)18-20-13-7-5-8-14-20/h5,7-8,11-15,22H,4,6,9-10,16-18H2,1-3H3/p+1. The van der Waals surface area contributed by atoms with Gasteiger partial charge in [0.25, 0.3) is 5.91 Å². The summed E-state index contributed by atoms with van der Waals surface area (Å²) < 4.78 is 4.93. The number of esters is 1. The Bertz CT molecular complexity index is 875. The summed E-state index contributed by atoms with van der Waals surface area (Å²) in [6.07, 6.45) is 7.88. The van der Waals surface area contributed by atoms with Gasteiger partial charge in [0.2, 0.25) is 0 Å². The normalized spacial score (nSPS) is 16.5. The van der Waals surface area contributed by atoms with Crippen molar-refractivity contribution in [1.82, 2.24) is 0 Å². The predicted molar refractivity (Wildman–Crippen MR) is 126 cm³/mol. The molecule has 2 aromatic carbocycles. The van der Waals surface area contributed by atoms with Crippen LogP contribution in [0.1, 0.15) is 54.1 Å². The van der Waals surface area contributed by atoms with Crippen molar-refractivity contribution >= 4 is 24.8 Å². The predicted octanol–water partition coefficient (Wildman–Crippen LogP) is 5.90. The second-order valence-electron chi connectivity index (χ2n) is 8.27. The number of methoxy groups -OCH3 is 1. The molecule has 0 bridgehead atoms. The Morgan fingerprint density at radius 3 is 2.37 bits per heavy atom. The first kappa shape index (κ1) is 22.5. The van der Waals surface area contributed by atoms with E-state index in [0.717, 1.165) is 18.1 Å². The molecule has 4 nitrogen and oxygen atoms in total. The first-order valence-corrected chi connectivity index (χ1v) is 13.3. The number of para-hydroxylation sites is 1. The maximum absolute atomic E-state index is 13.6. The van der Waals surface area contributed by atoms with Crippen molar-refractivity contribution < 1.29 is 14.3 Å². The van der Waals surface area contributed by atoms with Gasteiger partial charge in [0, 0.05) is 7.26 Å². The number of carbonyl (C=O) groups excluding carboxylic acids is 2. The zero-order chi connectivity index (χ0) is 21.6. The Kier molecular flexibility index (Phi) is 7.66. The number of hydrogen-bond donors (Lipinski definition) is 1. The summed E-state index contributed by atoms with van der Waals surface area (Å²) in [5.41, 5.74) is 3.22. The number of ether oxygens (including phenoxy) is 1. The topological polar surface area (TPSA) is 55.4 Å². The largest absolute Gasteiger partial charge is 0.465 e. The molecule has 3 rings (SSSR count). The summed E-state index contributed by atoms with van der Waals surface area (Å²) in [6, 6.07) is 16.1. The van der Waals surface area contributed by atoms with Gasteiger partial charge < -0.3 is 10.1 Å². The second-order valence-corrected chi connectivity index (χ2v) is 12.5. The third-order valence-electron chi connectivity index (χ3n) is 6.32. The van der Waals surface area contributed by atoms with E-state index in [-0.39, 0.29) is 11.6 Å². The van der Waals surface area contributed by atoms with E-state index in [2.05, 4.69) is 36.5 Å². The fraction of sp³-hybridized carbons (Fsp3) is 0.440. The third kappa shape index (κ3) is 4.92. The molecule has 5 heteroatoms. The monoisotopic (exact) mass is 426 g/mol. The molecular formula is C25H33NO3P+. The zero-order valence-corrected chi connectivity index (χ0v) is 19.2. The number of benzene rings is 2. The molecule has 1 heterocycles. The van der Waals surface area contributed by atoms with Crippen molar-refractivity contribution in [3.63, 3.8) is 0 Å². The van der Waals surface area contributed by atoms with Crippen molar-refractivity contribution in [2.24, 2.45) is 0 Å². The molecular weight excluding hydrogens is 393 g/mol. The van der Waals surface area contributed by atoms with E-state index in [4.69, 9.17) is 4.74 Å². The molecule has 160 valence electrons. The van der Waals surface area contributed by atoms with Crippen LogP contribution in [0.15, 0.2) is 48.5 Å². The zero-order valence-electron chi connectivity index (χ0n) is 18.3. The van der Waals surface area contributed by atoms with Crippen LogP contribution in [-0.2, 0) is 15.7 Å². The van der Waals surface area contributed by atoms with Gasteiger partial charge in [-0.3, -0.25) is 4.79 Å². The number of nitrogens with one attached hydrogen (secondary N) is 1. The summed E-state index contributed by atoms with van der Waals surface area (Å²) in [4.78, 5) is 25.9. The first-order valence-electron chi connectivity index (χ1n) is 10.9. The van der Waals surface area contributed by atoms with Crippen LogP contribution >= 0.6 is 7.26 Å². The smallest absolute Gasteiger partial charge is 0.339 e. The van der Waals surface area contributed by atoms with E-state index < -0.39 is 13.2 Å². The molecule has 1 fully saturated rings. The van der Waals surface area contributed by atoms with Crippen LogP contribution in [0.25, 0.3) is 0 Å². The fourth-order valence-electron chi connectivity index (χ4n) is 4.81. The molecule has 30 heavy (non-hydrogen) atoms. The van der Waals surface area contributed by atoms with Crippen LogP contribution in [0.3, 0.4) is 0 Å². The average molecular weight is 427 g/mol. The summed E-state index contributed by atoms with van der Waals surface area (Å²) in [6.45, 7) is 4.04. The Labute approximate surface area is 180 Å². The van der Waals surface area contributed by atoms with Gasteiger partial charge in [-0.2, -0.15) is 0 Å². The quantitative estimate of drug-likeness (QED) is 0.443. The number of rotatable bonds is 7. The molecule has 1 amide bonds. The Morgan fingerprint density at radius 2 is 1.73 bits per heavy atom. The van der Waals surface area contributed by atoms with E-state index in [1.807, 2.05) is 25.1 Å². The van der Waals surface area contributed by atoms with Gasteiger partial charge in [-0.05, 0) is 49.8 Å². The van der Waals surface area contributed by atoms with E-state index in [9.17, 15) is 9.59 Å². The van der Waals surface area contributed by atoms with Crippen molar-refractivity contribution in [1.29, 1.82) is 0 Å². The third-order valence-corrected chi connectivity index (χ3v) is 11.7. The lowest BCUT2D eigenvalue weighted by atomic mass is 10.1. The van der Waals surface area contributed by atoms with Gasteiger partial charge in [0.1, 0.15) is 5.66 Å². The Hall–Kier alpha value is -2.19. The Balaban J connectivity index is 1.91. The maximum atomic E-state index is 13.6. The average Bonchev–Trinajstić information content (AvgIpc) is 2.76. The Morgan fingerprint density at radius 1 is 1.03 bits per heavy atom. The van der Waals surface area contributed by atoms with Gasteiger partial charge >= 0.3 is 5.97 Å². The minimum atomic E-state index is -1.50. The van der Waals surface area contributed by atoms with Crippen molar-refractivity contribution in [3.05, 3.63) is 65.2 Å². The van der Waals surface area contributed by atoms with E-state index >= 15 is 0 Å². The van der Waals surface area contributed by atoms with Crippen molar-refractivity contribution in [2.75, 3.05) is 24.8 Å². The highest BCUT2D eigenvalue weighted by Gasteiger charge is 2.49. The van der Waals surface area contributed by atoms with Gasteiger partial charge in [0.15, 0.2) is 0 Å². The number of hydrogen-bond acceptors (Lipinski definition) is 3. The lowest BCUT2D eigenvalue weighted by Gasteiger charge is -2.36. The highest BCUT2D eigenvalue weighted by Crippen LogP contribution is 2.69. The molecule has 1 atom stereocenters. The highest BCUT2D eigenvalue weighted by atomic mass is 31.2. The molecule has 1 aliphatic heterocycles. The summed E-state index contributed by atoms with van der Waals surface area (Å²) in [5, 5.41) is 3.14. The highest BCUT2D eigenvalue weighted by molar-refractivity contribution is 7.76. The molecule has 0 aliphatic carbocycles. The van der Waals surface area contributed by atoms with Gasteiger partial charge in [-0.25, -0.2) is 4.79 Å². The van der Waals surface area contributed by atoms with E-state index in [1.165, 1.54) is 44.3 Å². The molecule has 1 N–H and O–H groups in total. The number of amides is 1. The minimum Gasteiger partial charge on any atom is -0.465 e. The van der Waals surface area contributed by atoms with Crippen LogP contribution in [0.5, 0.6) is 0 Å². The molecule has 0 aromatic heterocycles. The SMILES string of the molecule is CCC(C(=O)Nc1c(C)cccc1C(=O)OC)[P+]1(Cc2ccccc2)CCCCC1. The number of carbonyl (C=O) groups is 2. The van der Waals surface area contributed by atoms with Gasteiger partial charge in [0.05, 0.1) is 36.8 Å². The van der Waals surface area contributed by atoms with Gasteiger partial charge in [-0.1, -0.05) is 49.4 Å². The van der Waals surface area contributed by atoms with Crippen molar-refractivity contribution in [3.8, 4) is 0 Å². The molecule has 1 saturated heterocycles. The number of anilines is 1. The molecule has 2 aromatic rings. The lowest BCUT2D eigenvalue weighted by Crippen LogP contribution is -2.35. The maximum Gasteiger partial charge on any atom is 0.339 e. The van der Waals surface area contributed by atoms with Crippen LogP contribution in [0, 0.1) is 6.92 Å². The summed E-state index contributed by atoms with van der Waals surface area (Å²) in [5.74, 6) is -0.364. The molecule has 0 spiro atoms. The lowest BCUT2D eigenvalue weighted by molar-refractivity contribution is -0.115. The van der Waals surface area contributed by atoms with E-state index in [1.54, 1.807) is 6.07 Å². The summed E-state index contributed by atoms with van der Waals surface area (Å²) >= 11 is 0. The van der Waals surface area contributed by atoms with Crippen LogP contribution in [-0.4, -0.2) is 37.0 Å². The second kappa shape index (κ2) is 10.2. The van der Waals surface area contributed by atoms with Crippen LogP contribution < -0.4 is 5.32 Å². The molecule has 1 unspecified atom stereocenters. The van der Waals surface area contributed by atoms with E-state index in [0.29, 0.717) is 11.3 Å². The number of aryl methyl sites for hydroxylation is 1. The van der Waals surface area contributed by atoms with Crippen LogP contribution in [0.4, 0.5) is 5.69 Å². The minimum absolute atomic E-state index is 0.00288. The molecule has 0 saturated carbocycles. The molecule has 0 radical (unpaired) electrons. The first-order chi connectivity index (χ1) is 14.5. The molecule has 1 aliphatic rings. The van der Waals surface area contributed by atoms with Crippen molar-refractivity contribution in [2.45, 2.75) is 51.4 Å². The summed E-state index contributed by atoms with van der Waals surface area (Å²) in [7, 11) is -0.136.